The summed E-state index contributed by atoms with van der Waals surface area (Å²) in [7, 11) is 0. The molecule has 13 heavy (non-hydrogen) atoms. The molecular weight excluding hydrogens is 170 g/mol. The fraction of sp³-hybridized carbons (Fsp3) is 0.889. The molecule has 0 aliphatic heterocycles. The van der Waals surface area contributed by atoms with Crippen LogP contribution in [0.25, 0.3) is 0 Å². The standard InChI is InChI=1S/C9H19NO3/c1-5(2)7(4)13-9(12)8(10)6(3)11/h5-8,11H,10H2,1-4H3/t6?,7-,8+/m0/s1. The van der Waals surface area contributed by atoms with Crippen LogP contribution in [0.2, 0.25) is 0 Å². The number of rotatable bonds is 4. The zero-order valence-electron chi connectivity index (χ0n) is 8.65. The lowest BCUT2D eigenvalue weighted by atomic mass is 10.1. The van der Waals surface area contributed by atoms with Gasteiger partial charge in [-0.05, 0) is 19.8 Å². The molecule has 0 amide bonds. The molecule has 3 atom stereocenters. The summed E-state index contributed by atoms with van der Waals surface area (Å²) in [5, 5.41) is 9.02. The number of hydrogen-bond acceptors (Lipinski definition) is 4. The molecule has 0 fully saturated rings. The summed E-state index contributed by atoms with van der Waals surface area (Å²) >= 11 is 0. The molecule has 0 aromatic carbocycles. The third kappa shape index (κ3) is 4.24. The smallest absolute Gasteiger partial charge is 0.325 e. The Balaban J connectivity index is 4.00. The predicted octanol–water partition coefficient (Wildman–Crippen LogP) is 0.282. The van der Waals surface area contributed by atoms with Crippen molar-refractivity contribution in [3.05, 3.63) is 0 Å². The molecule has 0 heterocycles. The molecule has 0 radical (unpaired) electrons. The Hall–Kier alpha value is -0.610. The molecule has 4 nitrogen and oxygen atoms in total. The number of ether oxygens (including phenoxy) is 1. The van der Waals surface area contributed by atoms with Crippen molar-refractivity contribution in [1.82, 2.24) is 0 Å². The lowest BCUT2D eigenvalue weighted by molar-refractivity contribution is -0.154. The van der Waals surface area contributed by atoms with Crippen molar-refractivity contribution < 1.29 is 14.6 Å². The van der Waals surface area contributed by atoms with E-state index < -0.39 is 18.1 Å². The first-order valence-electron chi connectivity index (χ1n) is 4.50. The molecule has 3 N–H and O–H groups in total. The van der Waals surface area contributed by atoms with Gasteiger partial charge >= 0.3 is 5.97 Å². The number of aliphatic hydroxyl groups is 1. The second kappa shape index (κ2) is 5.19. The topological polar surface area (TPSA) is 72.5 Å². The van der Waals surface area contributed by atoms with Crippen LogP contribution in [0.15, 0.2) is 0 Å². The first-order chi connectivity index (χ1) is 5.86. The zero-order chi connectivity index (χ0) is 10.6. The van der Waals surface area contributed by atoms with Crippen molar-refractivity contribution in [2.75, 3.05) is 0 Å². The van der Waals surface area contributed by atoms with Crippen LogP contribution in [0.3, 0.4) is 0 Å². The minimum atomic E-state index is -0.943. The Kier molecular flexibility index (Phi) is 4.95. The van der Waals surface area contributed by atoms with Gasteiger partial charge < -0.3 is 15.6 Å². The van der Waals surface area contributed by atoms with Crippen molar-refractivity contribution in [3.8, 4) is 0 Å². The summed E-state index contributed by atoms with van der Waals surface area (Å²) in [6, 6.07) is -0.943. The monoisotopic (exact) mass is 189 g/mol. The highest BCUT2D eigenvalue weighted by Gasteiger charge is 2.23. The molecular formula is C9H19NO3. The van der Waals surface area contributed by atoms with Gasteiger partial charge in [0.1, 0.15) is 12.1 Å². The molecule has 0 aromatic heterocycles. The molecule has 0 saturated heterocycles. The predicted molar refractivity (Wildman–Crippen MR) is 50.0 cm³/mol. The SMILES string of the molecule is CC(C)[C@H](C)OC(=O)[C@H](N)C(C)O. The molecule has 0 bridgehead atoms. The largest absolute Gasteiger partial charge is 0.461 e. The highest BCUT2D eigenvalue weighted by Crippen LogP contribution is 2.06. The Bertz CT molecular complexity index is 168. The summed E-state index contributed by atoms with van der Waals surface area (Å²) in [6.07, 6.45) is -1.04. The number of carbonyl (C=O) groups is 1. The average molecular weight is 189 g/mol. The van der Waals surface area contributed by atoms with E-state index in [4.69, 9.17) is 15.6 Å². The second-order valence-corrected chi connectivity index (χ2v) is 3.65. The molecule has 1 unspecified atom stereocenters. The maximum atomic E-state index is 11.2. The third-order valence-corrected chi connectivity index (χ3v) is 2.03. The Morgan fingerprint density at radius 3 is 2.08 bits per heavy atom. The van der Waals surface area contributed by atoms with E-state index in [1.165, 1.54) is 6.92 Å². The van der Waals surface area contributed by atoms with Crippen LogP contribution in [-0.4, -0.2) is 29.3 Å². The third-order valence-electron chi connectivity index (χ3n) is 2.03. The number of hydrogen-bond donors (Lipinski definition) is 2. The van der Waals surface area contributed by atoms with E-state index in [2.05, 4.69) is 0 Å². The van der Waals surface area contributed by atoms with Crippen LogP contribution < -0.4 is 5.73 Å². The molecule has 0 rings (SSSR count). The van der Waals surface area contributed by atoms with Gasteiger partial charge in [-0.1, -0.05) is 13.8 Å². The highest BCUT2D eigenvalue weighted by atomic mass is 16.5. The van der Waals surface area contributed by atoms with Crippen LogP contribution in [0.4, 0.5) is 0 Å². The maximum Gasteiger partial charge on any atom is 0.325 e. The first kappa shape index (κ1) is 12.4. The van der Waals surface area contributed by atoms with Crippen molar-refractivity contribution in [1.29, 1.82) is 0 Å². The lowest BCUT2D eigenvalue weighted by Crippen LogP contribution is -2.43. The van der Waals surface area contributed by atoms with Gasteiger partial charge in [-0.3, -0.25) is 4.79 Å². The summed E-state index contributed by atoms with van der Waals surface area (Å²) in [6.45, 7) is 7.17. The average Bonchev–Trinajstić information content (AvgIpc) is 2.02. The summed E-state index contributed by atoms with van der Waals surface area (Å²) in [5.74, 6) is -0.290. The Morgan fingerprint density at radius 1 is 1.31 bits per heavy atom. The fourth-order valence-corrected chi connectivity index (χ4v) is 0.595. The lowest BCUT2D eigenvalue weighted by Gasteiger charge is -2.20. The normalized spacial score (nSPS) is 18.1. The van der Waals surface area contributed by atoms with Crippen molar-refractivity contribution in [2.45, 2.75) is 45.9 Å². The second-order valence-electron chi connectivity index (χ2n) is 3.65. The maximum absolute atomic E-state index is 11.2. The van der Waals surface area contributed by atoms with Crippen LogP contribution in [0.1, 0.15) is 27.7 Å². The van der Waals surface area contributed by atoms with Gasteiger partial charge in [0.2, 0.25) is 0 Å². The van der Waals surface area contributed by atoms with Gasteiger partial charge in [-0.15, -0.1) is 0 Å². The Morgan fingerprint density at radius 2 is 1.77 bits per heavy atom. The van der Waals surface area contributed by atoms with Crippen LogP contribution >= 0.6 is 0 Å². The van der Waals surface area contributed by atoms with Crippen LogP contribution in [0, 0.1) is 5.92 Å². The highest BCUT2D eigenvalue weighted by molar-refractivity contribution is 5.76. The Labute approximate surface area is 79.1 Å². The van der Waals surface area contributed by atoms with Crippen LogP contribution in [-0.2, 0) is 9.53 Å². The number of nitrogens with two attached hydrogens (primary N) is 1. The molecule has 0 aromatic rings. The van der Waals surface area contributed by atoms with Gasteiger partial charge in [0.25, 0.3) is 0 Å². The molecule has 78 valence electrons. The summed E-state index contributed by atoms with van der Waals surface area (Å²) < 4.78 is 5.01. The van der Waals surface area contributed by atoms with E-state index in [1.54, 1.807) is 6.92 Å². The van der Waals surface area contributed by atoms with Gasteiger partial charge in [-0.2, -0.15) is 0 Å². The molecule has 0 aliphatic rings. The summed E-state index contributed by atoms with van der Waals surface area (Å²) in [4.78, 5) is 11.2. The van der Waals surface area contributed by atoms with E-state index in [0.717, 1.165) is 0 Å². The zero-order valence-corrected chi connectivity index (χ0v) is 8.65. The van der Waals surface area contributed by atoms with Gasteiger partial charge in [-0.25, -0.2) is 0 Å². The van der Waals surface area contributed by atoms with Gasteiger partial charge in [0, 0.05) is 0 Å². The van der Waals surface area contributed by atoms with E-state index >= 15 is 0 Å². The quantitative estimate of drug-likeness (QED) is 0.623. The molecule has 0 saturated carbocycles. The van der Waals surface area contributed by atoms with Crippen molar-refractivity contribution in [3.63, 3.8) is 0 Å². The number of carbonyl (C=O) groups excluding carboxylic acids is 1. The fourth-order valence-electron chi connectivity index (χ4n) is 0.595. The van der Waals surface area contributed by atoms with Crippen molar-refractivity contribution >= 4 is 5.97 Å². The first-order valence-corrected chi connectivity index (χ1v) is 4.50. The van der Waals surface area contributed by atoms with E-state index in [-0.39, 0.29) is 12.0 Å². The minimum Gasteiger partial charge on any atom is -0.461 e. The molecule has 0 aliphatic carbocycles. The van der Waals surface area contributed by atoms with E-state index in [9.17, 15) is 4.79 Å². The van der Waals surface area contributed by atoms with Gasteiger partial charge in [0.15, 0.2) is 0 Å². The van der Waals surface area contributed by atoms with Crippen molar-refractivity contribution in [2.24, 2.45) is 11.7 Å². The van der Waals surface area contributed by atoms with Gasteiger partial charge in [0.05, 0.1) is 6.10 Å². The van der Waals surface area contributed by atoms with E-state index in [0.29, 0.717) is 0 Å². The summed E-state index contributed by atoms with van der Waals surface area (Å²) in [5.41, 5.74) is 5.38. The number of esters is 1. The number of aliphatic hydroxyl groups excluding tert-OH is 1. The minimum absolute atomic E-state index is 0.169. The van der Waals surface area contributed by atoms with E-state index in [1.807, 2.05) is 13.8 Å². The molecule has 4 heteroatoms. The van der Waals surface area contributed by atoms with Crippen LogP contribution in [0.5, 0.6) is 0 Å². The molecule has 0 spiro atoms.